The van der Waals surface area contributed by atoms with E-state index in [1.165, 1.54) is 11.1 Å². The highest BCUT2D eigenvalue weighted by molar-refractivity contribution is 9.10. The molecular weight excluding hydrogens is 318 g/mol. The van der Waals surface area contributed by atoms with E-state index in [0.717, 1.165) is 43.6 Å². The summed E-state index contributed by atoms with van der Waals surface area (Å²) in [5, 5.41) is 0. The minimum absolute atomic E-state index is 0.0608. The Morgan fingerprint density at radius 2 is 2.25 bits per heavy atom. The molecule has 0 bridgehead atoms. The van der Waals surface area contributed by atoms with Gasteiger partial charge < -0.3 is 15.2 Å². The zero-order chi connectivity index (χ0) is 14.2. The van der Waals surface area contributed by atoms with E-state index in [1.807, 2.05) is 0 Å². The van der Waals surface area contributed by atoms with Gasteiger partial charge in [0.25, 0.3) is 0 Å². The van der Waals surface area contributed by atoms with Gasteiger partial charge in [-0.25, -0.2) is 0 Å². The summed E-state index contributed by atoms with van der Waals surface area (Å²) in [6, 6.07) is 6.46. The van der Waals surface area contributed by atoms with Crippen molar-refractivity contribution in [2.24, 2.45) is 11.7 Å². The molecule has 2 heterocycles. The number of nitrogens with two attached hydrogens (primary N) is 1. The van der Waals surface area contributed by atoms with E-state index >= 15 is 0 Å². The molecule has 0 aliphatic carbocycles. The van der Waals surface area contributed by atoms with Crippen LogP contribution in [0.5, 0.6) is 0 Å². The van der Waals surface area contributed by atoms with E-state index in [9.17, 15) is 0 Å². The molecule has 2 saturated heterocycles. The van der Waals surface area contributed by atoms with Crippen molar-refractivity contribution in [1.82, 2.24) is 0 Å². The average molecular weight is 340 g/mol. The molecule has 2 aliphatic rings. The van der Waals surface area contributed by atoms with E-state index in [-0.39, 0.29) is 11.6 Å². The Labute approximate surface area is 129 Å². The van der Waals surface area contributed by atoms with Crippen LogP contribution in [0.1, 0.15) is 36.4 Å². The predicted molar refractivity (Wildman–Crippen MR) is 82.7 cm³/mol. The third-order valence-electron chi connectivity index (χ3n) is 4.62. The summed E-state index contributed by atoms with van der Waals surface area (Å²) in [5.74, 6) is 0.462. The van der Waals surface area contributed by atoms with Crippen LogP contribution in [0.15, 0.2) is 22.7 Å². The van der Waals surface area contributed by atoms with Gasteiger partial charge in [0.1, 0.15) is 0 Å². The third-order valence-corrected chi connectivity index (χ3v) is 5.34. The lowest BCUT2D eigenvalue weighted by molar-refractivity contribution is -0.101. The molecule has 1 aromatic carbocycles. The Bertz CT molecular complexity index is 485. The lowest BCUT2D eigenvalue weighted by Gasteiger charge is -2.39. The van der Waals surface area contributed by atoms with Crippen LogP contribution in [0.3, 0.4) is 0 Å². The average Bonchev–Trinajstić information content (AvgIpc) is 2.88. The first-order chi connectivity index (χ1) is 9.60. The smallest absolute Gasteiger partial charge is 0.0940 e. The van der Waals surface area contributed by atoms with Crippen LogP contribution in [0, 0.1) is 12.8 Å². The zero-order valence-electron chi connectivity index (χ0n) is 11.9. The van der Waals surface area contributed by atoms with Gasteiger partial charge in [0, 0.05) is 30.1 Å². The Morgan fingerprint density at radius 3 is 3.00 bits per heavy atom. The van der Waals surface area contributed by atoms with Crippen LogP contribution >= 0.6 is 15.9 Å². The summed E-state index contributed by atoms with van der Waals surface area (Å²) in [6.07, 6.45) is 3.04. The van der Waals surface area contributed by atoms with Crippen molar-refractivity contribution in [2.75, 3.05) is 19.8 Å². The number of hydrogen-bond acceptors (Lipinski definition) is 3. The van der Waals surface area contributed by atoms with Crippen LogP contribution in [-0.2, 0) is 9.47 Å². The summed E-state index contributed by atoms with van der Waals surface area (Å²) >= 11 is 3.64. The summed E-state index contributed by atoms with van der Waals surface area (Å²) in [4.78, 5) is 0. The van der Waals surface area contributed by atoms with Gasteiger partial charge >= 0.3 is 0 Å². The maximum absolute atomic E-state index is 6.56. The monoisotopic (exact) mass is 339 g/mol. The van der Waals surface area contributed by atoms with Gasteiger partial charge in [-0.3, -0.25) is 0 Å². The minimum atomic E-state index is -0.0726. The maximum Gasteiger partial charge on any atom is 0.0940 e. The Kier molecular flexibility index (Phi) is 4.18. The van der Waals surface area contributed by atoms with Crippen LogP contribution in [0.2, 0.25) is 0 Å². The fourth-order valence-corrected chi connectivity index (χ4v) is 3.92. The number of aryl methyl sites for hydroxylation is 1. The van der Waals surface area contributed by atoms with Gasteiger partial charge in [0.2, 0.25) is 0 Å². The molecule has 3 nitrogen and oxygen atoms in total. The molecule has 0 radical (unpaired) electrons. The zero-order valence-corrected chi connectivity index (χ0v) is 13.5. The van der Waals surface area contributed by atoms with Crippen molar-refractivity contribution < 1.29 is 9.47 Å². The Hall–Kier alpha value is -0.420. The van der Waals surface area contributed by atoms with Crippen molar-refractivity contribution >= 4 is 15.9 Å². The van der Waals surface area contributed by atoms with Gasteiger partial charge in [-0.2, -0.15) is 0 Å². The second-order valence-corrected chi connectivity index (χ2v) is 6.99. The number of halogens is 1. The largest absolute Gasteiger partial charge is 0.378 e. The molecule has 0 aromatic heterocycles. The van der Waals surface area contributed by atoms with Gasteiger partial charge in [-0.05, 0) is 37.3 Å². The first-order valence-electron chi connectivity index (χ1n) is 7.33. The molecule has 2 N–H and O–H groups in total. The van der Waals surface area contributed by atoms with Crippen molar-refractivity contribution in [1.29, 1.82) is 0 Å². The fourth-order valence-electron chi connectivity index (χ4n) is 3.41. The lowest BCUT2D eigenvalue weighted by atomic mass is 9.79. The van der Waals surface area contributed by atoms with Gasteiger partial charge in [-0.1, -0.05) is 33.6 Å². The van der Waals surface area contributed by atoms with Gasteiger partial charge in [0.05, 0.1) is 12.2 Å². The SMILES string of the molecule is Cc1ccc(Br)c(C(N)C2CCOC3(CCOC3)C2)c1. The Balaban J connectivity index is 1.79. The van der Waals surface area contributed by atoms with Crippen LogP contribution in [-0.4, -0.2) is 25.4 Å². The summed E-state index contributed by atoms with van der Waals surface area (Å²) < 4.78 is 12.7. The molecule has 1 spiro atoms. The molecule has 110 valence electrons. The molecule has 0 saturated carbocycles. The molecule has 3 unspecified atom stereocenters. The number of hydrogen-bond donors (Lipinski definition) is 1. The quantitative estimate of drug-likeness (QED) is 0.898. The normalized spacial score (nSPS) is 31.6. The van der Waals surface area contributed by atoms with Crippen LogP contribution in [0.4, 0.5) is 0 Å². The Morgan fingerprint density at radius 1 is 1.40 bits per heavy atom. The molecule has 2 aliphatic heterocycles. The van der Waals surface area contributed by atoms with Gasteiger partial charge in [-0.15, -0.1) is 0 Å². The highest BCUT2D eigenvalue weighted by Gasteiger charge is 2.42. The van der Waals surface area contributed by atoms with Crippen molar-refractivity contribution in [3.63, 3.8) is 0 Å². The first kappa shape index (κ1) is 14.5. The first-order valence-corrected chi connectivity index (χ1v) is 8.12. The van der Waals surface area contributed by atoms with Crippen molar-refractivity contribution in [2.45, 2.75) is 37.8 Å². The van der Waals surface area contributed by atoms with E-state index in [4.69, 9.17) is 15.2 Å². The molecule has 20 heavy (non-hydrogen) atoms. The number of benzene rings is 1. The minimum Gasteiger partial charge on any atom is -0.378 e. The standard InChI is InChI=1S/C16H22BrNO2/c1-11-2-3-14(17)13(8-11)15(18)12-4-6-20-16(9-12)5-7-19-10-16/h2-3,8,12,15H,4-7,9-10,18H2,1H3. The van der Waals surface area contributed by atoms with E-state index in [0.29, 0.717) is 5.92 Å². The molecule has 4 heteroatoms. The second-order valence-electron chi connectivity index (χ2n) is 6.14. The summed E-state index contributed by atoms with van der Waals surface area (Å²) in [5.41, 5.74) is 8.96. The molecule has 2 fully saturated rings. The van der Waals surface area contributed by atoms with E-state index in [2.05, 4.69) is 41.1 Å². The van der Waals surface area contributed by atoms with Crippen LogP contribution in [0.25, 0.3) is 0 Å². The highest BCUT2D eigenvalue weighted by Crippen LogP contribution is 2.41. The van der Waals surface area contributed by atoms with Crippen molar-refractivity contribution in [3.05, 3.63) is 33.8 Å². The molecule has 3 atom stereocenters. The summed E-state index contributed by atoms with van der Waals surface area (Å²) in [7, 11) is 0. The second kappa shape index (κ2) is 5.76. The molecule has 3 rings (SSSR count). The van der Waals surface area contributed by atoms with E-state index < -0.39 is 0 Å². The summed E-state index contributed by atoms with van der Waals surface area (Å²) in [6.45, 7) is 4.45. The van der Waals surface area contributed by atoms with Gasteiger partial charge in [0.15, 0.2) is 0 Å². The van der Waals surface area contributed by atoms with Crippen LogP contribution < -0.4 is 5.73 Å². The topological polar surface area (TPSA) is 44.5 Å². The highest BCUT2D eigenvalue weighted by atomic mass is 79.9. The molecular formula is C16H22BrNO2. The number of ether oxygens (including phenoxy) is 2. The molecule has 1 aromatic rings. The lowest BCUT2D eigenvalue weighted by Crippen LogP contribution is -2.43. The number of rotatable bonds is 2. The van der Waals surface area contributed by atoms with E-state index in [1.54, 1.807) is 0 Å². The maximum atomic E-state index is 6.56. The fraction of sp³-hybridized carbons (Fsp3) is 0.625. The predicted octanol–water partition coefficient (Wildman–Crippen LogP) is 3.34. The molecule has 0 amide bonds. The van der Waals surface area contributed by atoms with Crippen molar-refractivity contribution in [3.8, 4) is 0 Å². The third kappa shape index (κ3) is 2.80.